The van der Waals surface area contributed by atoms with Gasteiger partial charge in [-0.1, -0.05) is 27.7 Å². The molecule has 100 valence electrons. The molecule has 0 aromatic rings. The number of carbonyl (C=O) groups is 3. The van der Waals surface area contributed by atoms with Crippen LogP contribution in [-0.2, 0) is 14.4 Å². The molecule has 0 rings (SSSR count). The predicted octanol–water partition coefficient (Wildman–Crippen LogP) is 0.376. The number of nitrogens with one attached hydrogen (secondary N) is 2. The third-order valence-corrected chi connectivity index (χ3v) is 1.79. The lowest BCUT2D eigenvalue weighted by atomic mass is 10.1. The third kappa shape index (κ3) is 10.7. The van der Waals surface area contributed by atoms with Crippen LogP contribution in [0.15, 0.2) is 0 Å². The van der Waals surface area contributed by atoms with Gasteiger partial charge in [-0.2, -0.15) is 0 Å². The van der Waals surface area contributed by atoms with E-state index < -0.39 is 18.4 Å². The number of carbonyl (C=O) groups excluding carboxylic acids is 2. The van der Waals surface area contributed by atoms with Gasteiger partial charge in [-0.05, 0) is 0 Å². The van der Waals surface area contributed by atoms with Crippen LogP contribution in [0.3, 0.4) is 0 Å². The minimum absolute atomic E-state index is 0.132. The first-order chi connectivity index (χ1) is 7.97. The molecule has 0 aliphatic heterocycles. The van der Waals surface area contributed by atoms with Gasteiger partial charge >= 0.3 is 5.97 Å². The van der Waals surface area contributed by atoms with Crippen LogP contribution in [-0.4, -0.2) is 36.0 Å². The van der Waals surface area contributed by atoms with E-state index in [2.05, 4.69) is 10.6 Å². The Morgan fingerprint density at radius 2 is 1.71 bits per heavy atom. The van der Waals surface area contributed by atoms with Gasteiger partial charge < -0.3 is 15.7 Å². The summed E-state index contributed by atoms with van der Waals surface area (Å²) in [6.07, 6.45) is 0.365. The van der Waals surface area contributed by atoms with Crippen molar-refractivity contribution < 1.29 is 19.5 Å². The fourth-order valence-electron chi connectivity index (χ4n) is 0.822. The molecule has 0 spiro atoms. The molecule has 1 unspecified atom stereocenters. The van der Waals surface area contributed by atoms with Crippen LogP contribution in [0.2, 0.25) is 0 Å². The van der Waals surface area contributed by atoms with Crippen molar-refractivity contribution in [1.29, 1.82) is 0 Å². The van der Waals surface area contributed by atoms with E-state index in [-0.39, 0.29) is 18.4 Å². The molecule has 1 atom stereocenters. The highest BCUT2D eigenvalue weighted by Crippen LogP contribution is 1.92. The normalized spacial score (nSPS) is 10.6. The largest absolute Gasteiger partial charge is 0.480 e. The van der Waals surface area contributed by atoms with E-state index in [1.54, 1.807) is 13.8 Å². The maximum atomic E-state index is 11.2. The van der Waals surface area contributed by atoms with Crippen molar-refractivity contribution in [1.82, 2.24) is 10.6 Å². The van der Waals surface area contributed by atoms with Gasteiger partial charge in [-0.25, -0.2) is 0 Å². The minimum Gasteiger partial charge on any atom is -0.480 e. The van der Waals surface area contributed by atoms with Gasteiger partial charge in [0.15, 0.2) is 0 Å². The van der Waals surface area contributed by atoms with E-state index in [0.29, 0.717) is 6.42 Å². The van der Waals surface area contributed by atoms with E-state index in [1.165, 1.54) is 0 Å². The zero-order chi connectivity index (χ0) is 13.8. The summed E-state index contributed by atoms with van der Waals surface area (Å²) in [4.78, 5) is 32.2. The number of hydrogen-bond donors (Lipinski definition) is 3. The maximum Gasteiger partial charge on any atom is 0.322 e. The van der Waals surface area contributed by atoms with E-state index >= 15 is 0 Å². The Labute approximate surface area is 102 Å². The molecule has 6 heteroatoms. The van der Waals surface area contributed by atoms with Crippen LogP contribution in [0.4, 0.5) is 0 Å². The molecule has 0 saturated heterocycles. The van der Waals surface area contributed by atoms with Crippen molar-refractivity contribution in [3.8, 4) is 0 Å². The van der Waals surface area contributed by atoms with Crippen LogP contribution < -0.4 is 10.6 Å². The first-order valence-electron chi connectivity index (χ1n) is 5.73. The van der Waals surface area contributed by atoms with Crippen molar-refractivity contribution in [2.24, 2.45) is 5.92 Å². The lowest BCUT2D eigenvalue weighted by molar-refractivity contribution is -0.138. The number of carboxylic acids is 1. The fourth-order valence-corrected chi connectivity index (χ4v) is 0.822. The Morgan fingerprint density at radius 3 is 2.12 bits per heavy atom. The molecule has 0 saturated carbocycles. The summed E-state index contributed by atoms with van der Waals surface area (Å²) in [7, 11) is 0. The van der Waals surface area contributed by atoms with E-state index in [9.17, 15) is 14.4 Å². The van der Waals surface area contributed by atoms with Crippen LogP contribution >= 0.6 is 0 Å². The van der Waals surface area contributed by atoms with Crippen molar-refractivity contribution in [2.45, 2.75) is 34.1 Å². The summed E-state index contributed by atoms with van der Waals surface area (Å²) in [5.74, 6) is -2.03. The number of aliphatic carboxylic acids is 1. The molecule has 0 aromatic heterocycles. The monoisotopic (exact) mass is 246 g/mol. The fraction of sp³-hybridized carbons (Fsp3) is 0.727. The molecule has 0 radical (unpaired) electrons. The highest BCUT2D eigenvalue weighted by Gasteiger charge is 2.13. The van der Waals surface area contributed by atoms with Gasteiger partial charge in [0.05, 0.1) is 5.92 Å². The zero-order valence-electron chi connectivity index (χ0n) is 10.9. The Morgan fingerprint density at radius 1 is 1.18 bits per heavy atom. The number of hydrogen-bond acceptors (Lipinski definition) is 3. The Bertz CT molecular complexity index is 254. The molecule has 2 amide bonds. The molecular formula is C11H22N2O4. The van der Waals surface area contributed by atoms with Crippen LogP contribution in [0.1, 0.15) is 34.1 Å². The maximum absolute atomic E-state index is 11.2. The highest BCUT2D eigenvalue weighted by atomic mass is 16.4. The van der Waals surface area contributed by atoms with Crippen LogP contribution in [0.25, 0.3) is 0 Å². The third-order valence-electron chi connectivity index (χ3n) is 1.79. The molecule has 3 N–H and O–H groups in total. The summed E-state index contributed by atoms with van der Waals surface area (Å²) in [6.45, 7) is 7.15. The van der Waals surface area contributed by atoms with E-state index in [0.717, 1.165) is 0 Å². The van der Waals surface area contributed by atoms with Gasteiger partial charge in [0, 0.05) is 13.0 Å². The number of carboxylic acid groups (broad SMARTS) is 1. The van der Waals surface area contributed by atoms with Gasteiger partial charge in [-0.3, -0.25) is 14.4 Å². The molecule has 0 fully saturated rings. The van der Waals surface area contributed by atoms with Crippen molar-refractivity contribution in [3.63, 3.8) is 0 Å². The Balaban J connectivity index is 0. The average molecular weight is 246 g/mol. The lowest BCUT2D eigenvalue weighted by Crippen LogP contribution is -2.39. The Kier molecular flexibility index (Phi) is 11.4. The molecule has 0 aliphatic carbocycles. The molecular weight excluding hydrogens is 224 g/mol. The van der Waals surface area contributed by atoms with E-state index in [4.69, 9.17) is 5.11 Å². The van der Waals surface area contributed by atoms with Crippen molar-refractivity contribution >= 4 is 17.8 Å². The molecule has 0 bridgehead atoms. The molecule has 17 heavy (non-hydrogen) atoms. The van der Waals surface area contributed by atoms with Gasteiger partial charge in [-0.15, -0.1) is 0 Å². The summed E-state index contributed by atoms with van der Waals surface area (Å²) in [6, 6.07) is 0. The summed E-state index contributed by atoms with van der Waals surface area (Å²) in [5.41, 5.74) is 0. The first kappa shape index (κ1) is 17.8. The van der Waals surface area contributed by atoms with Gasteiger partial charge in [0.2, 0.25) is 11.8 Å². The van der Waals surface area contributed by atoms with E-state index in [1.807, 2.05) is 13.8 Å². The van der Waals surface area contributed by atoms with Crippen molar-refractivity contribution in [3.05, 3.63) is 0 Å². The van der Waals surface area contributed by atoms with Gasteiger partial charge in [0.25, 0.3) is 0 Å². The first-order valence-corrected chi connectivity index (χ1v) is 5.73. The summed E-state index contributed by atoms with van der Waals surface area (Å²) < 4.78 is 0. The second-order valence-electron chi connectivity index (χ2n) is 3.17. The standard InChI is InChI=1S/C9H16N2O4.C2H6/c1-3-7(12)10-4-6(2)9(15)11-5-8(13)14;1-2/h6H,3-5H2,1-2H3,(H,10,12)(H,11,15)(H,13,14);1-2H3. The van der Waals surface area contributed by atoms with Gasteiger partial charge in [0.1, 0.15) is 6.54 Å². The number of rotatable bonds is 6. The Hall–Kier alpha value is -1.59. The molecule has 0 aliphatic rings. The van der Waals surface area contributed by atoms with Crippen LogP contribution in [0.5, 0.6) is 0 Å². The van der Waals surface area contributed by atoms with Crippen molar-refractivity contribution in [2.75, 3.05) is 13.1 Å². The smallest absolute Gasteiger partial charge is 0.322 e. The number of amides is 2. The topological polar surface area (TPSA) is 95.5 Å². The minimum atomic E-state index is -1.09. The molecule has 0 heterocycles. The second kappa shape index (κ2) is 10.9. The summed E-state index contributed by atoms with van der Waals surface area (Å²) in [5, 5.41) is 13.1. The highest BCUT2D eigenvalue weighted by molar-refractivity contribution is 5.83. The van der Waals surface area contributed by atoms with Crippen LogP contribution in [0, 0.1) is 5.92 Å². The quantitative estimate of drug-likeness (QED) is 0.631. The molecule has 0 aromatic carbocycles. The molecule has 6 nitrogen and oxygen atoms in total. The predicted molar refractivity (Wildman–Crippen MR) is 64.5 cm³/mol. The average Bonchev–Trinajstić information content (AvgIpc) is 2.34. The SMILES string of the molecule is CC.CCC(=O)NCC(C)C(=O)NCC(=O)O. The second-order valence-corrected chi connectivity index (χ2v) is 3.17. The zero-order valence-corrected chi connectivity index (χ0v) is 10.9. The summed E-state index contributed by atoms with van der Waals surface area (Å²) >= 11 is 0. The lowest BCUT2D eigenvalue weighted by Gasteiger charge is -2.11.